The van der Waals surface area contributed by atoms with Gasteiger partial charge in [-0.15, -0.1) is 0 Å². The van der Waals surface area contributed by atoms with Crippen molar-refractivity contribution in [3.63, 3.8) is 0 Å². The minimum absolute atomic E-state index is 0.0678. The van der Waals surface area contributed by atoms with Crippen molar-refractivity contribution in [2.75, 3.05) is 0 Å². The first-order valence-electron chi connectivity index (χ1n) is 6.20. The van der Waals surface area contributed by atoms with Crippen LogP contribution in [0.3, 0.4) is 0 Å². The zero-order chi connectivity index (χ0) is 14.9. The van der Waals surface area contributed by atoms with Crippen molar-refractivity contribution in [3.8, 4) is 0 Å². The Hall–Kier alpha value is -1.95. The van der Waals surface area contributed by atoms with Gasteiger partial charge in [-0.05, 0) is 12.8 Å². The van der Waals surface area contributed by atoms with Gasteiger partial charge in [0.1, 0.15) is 5.15 Å². The molecule has 106 valence electrons. The molecule has 7 heteroatoms. The van der Waals surface area contributed by atoms with E-state index < -0.39 is 11.2 Å². The van der Waals surface area contributed by atoms with E-state index in [1.165, 1.54) is 0 Å². The third kappa shape index (κ3) is 2.80. The van der Waals surface area contributed by atoms with Gasteiger partial charge >= 0.3 is 5.69 Å². The molecule has 0 bridgehead atoms. The molecule has 0 radical (unpaired) electrons. The highest BCUT2D eigenvalue weighted by molar-refractivity contribution is 6.30. The average Bonchev–Trinajstić information content (AvgIpc) is 2.36. The number of aromatic amines is 1. The SMILES string of the molecule is Cc1cnc(Cn2c(=O)[nH]c(Cl)c(C(C)C)c2=O)cn1. The number of halogens is 1. The Bertz CT molecular complexity index is 732. The van der Waals surface area contributed by atoms with Crippen molar-refractivity contribution in [2.45, 2.75) is 33.2 Å². The number of nitrogens with zero attached hydrogens (tertiary/aromatic N) is 3. The molecule has 2 rings (SSSR count). The molecule has 0 atom stereocenters. The smallest absolute Gasteiger partial charge is 0.297 e. The lowest BCUT2D eigenvalue weighted by Crippen LogP contribution is -2.38. The normalized spacial score (nSPS) is 11.1. The lowest BCUT2D eigenvalue weighted by atomic mass is 10.1. The van der Waals surface area contributed by atoms with Gasteiger partial charge in [0.25, 0.3) is 5.56 Å². The van der Waals surface area contributed by atoms with Crippen LogP contribution in [0.25, 0.3) is 0 Å². The van der Waals surface area contributed by atoms with Crippen molar-refractivity contribution < 1.29 is 0 Å². The number of aromatic nitrogens is 4. The molecule has 20 heavy (non-hydrogen) atoms. The number of H-pyrrole nitrogens is 1. The lowest BCUT2D eigenvalue weighted by Gasteiger charge is -2.10. The molecule has 2 heterocycles. The fraction of sp³-hybridized carbons (Fsp3) is 0.385. The van der Waals surface area contributed by atoms with Crippen molar-refractivity contribution in [3.05, 3.63) is 55.3 Å². The first kappa shape index (κ1) is 14.5. The molecule has 2 aromatic rings. The highest BCUT2D eigenvalue weighted by Gasteiger charge is 2.16. The summed E-state index contributed by atoms with van der Waals surface area (Å²) in [4.78, 5) is 34.9. The van der Waals surface area contributed by atoms with Crippen LogP contribution >= 0.6 is 11.6 Å². The molecule has 1 N–H and O–H groups in total. The Labute approximate surface area is 120 Å². The predicted octanol–water partition coefficient (Wildman–Crippen LogP) is 1.46. The van der Waals surface area contributed by atoms with Gasteiger partial charge in [-0.1, -0.05) is 25.4 Å². The van der Waals surface area contributed by atoms with Crippen LogP contribution in [-0.4, -0.2) is 19.5 Å². The van der Waals surface area contributed by atoms with Crippen molar-refractivity contribution in [1.82, 2.24) is 19.5 Å². The largest absolute Gasteiger partial charge is 0.329 e. The van der Waals surface area contributed by atoms with Crippen LogP contribution in [0.5, 0.6) is 0 Å². The van der Waals surface area contributed by atoms with E-state index in [4.69, 9.17) is 11.6 Å². The van der Waals surface area contributed by atoms with Crippen molar-refractivity contribution in [1.29, 1.82) is 0 Å². The minimum Gasteiger partial charge on any atom is -0.297 e. The number of hydrogen-bond acceptors (Lipinski definition) is 4. The molecule has 0 spiro atoms. The number of nitrogens with one attached hydrogen (secondary N) is 1. The van der Waals surface area contributed by atoms with Crippen LogP contribution in [0, 0.1) is 6.92 Å². The summed E-state index contributed by atoms with van der Waals surface area (Å²) in [5.74, 6) is -0.0813. The Balaban J connectivity index is 2.52. The molecule has 6 nitrogen and oxygen atoms in total. The van der Waals surface area contributed by atoms with Crippen LogP contribution in [0.1, 0.15) is 36.7 Å². The van der Waals surface area contributed by atoms with Gasteiger partial charge in [0.2, 0.25) is 0 Å². The second kappa shape index (κ2) is 5.58. The second-order valence-corrected chi connectivity index (χ2v) is 5.23. The van der Waals surface area contributed by atoms with Crippen LogP contribution in [0.4, 0.5) is 0 Å². The summed E-state index contributed by atoms with van der Waals surface area (Å²) >= 11 is 5.93. The topological polar surface area (TPSA) is 80.6 Å². The Kier molecular flexibility index (Phi) is 4.04. The van der Waals surface area contributed by atoms with Gasteiger partial charge in [0, 0.05) is 6.20 Å². The van der Waals surface area contributed by atoms with Crippen LogP contribution in [0.15, 0.2) is 22.0 Å². The zero-order valence-electron chi connectivity index (χ0n) is 11.5. The summed E-state index contributed by atoms with van der Waals surface area (Å²) in [5, 5.41) is 0.0984. The average molecular weight is 295 g/mol. The standard InChI is InChI=1S/C13H15ClN4O2/c1-7(2)10-11(14)17-13(20)18(12(10)19)6-9-5-15-8(3)4-16-9/h4-5,7H,6H2,1-3H3,(H,17,20). The fourth-order valence-corrected chi connectivity index (χ4v) is 2.25. The van der Waals surface area contributed by atoms with Crippen molar-refractivity contribution >= 4 is 11.6 Å². The number of rotatable bonds is 3. The molecule has 0 unspecified atom stereocenters. The van der Waals surface area contributed by atoms with Gasteiger partial charge in [0.15, 0.2) is 0 Å². The molecule has 0 amide bonds. The summed E-state index contributed by atoms with van der Waals surface area (Å²) in [7, 11) is 0. The Morgan fingerprint density at radius 1 is 1.30 bits per heavy atom. The predicted molar refractivity (Wildman–Crippen MR) is 76.3 cm³/mol. The lowest BCUT2D eigenvalue weighted by molar-refractivity contribution is 0.656. The molecule has 0 aliphatic carbocycles. The Morgan fingerprint density at radius 2 is 2.00 bits per heavy atom. The number of hydrogen-bond donors (Lipinski definition) is 1. The minimum atomic E-state index is -0.549. The van der Waals surface area contributed by atoms with E-state index in [0.717, 1.165) is 10.3 Å². The van der Waals surface area contributed by atoms with Crippen LogP contribution < -0.4 is 11.2 Å². The monoisotopic (exact) mass is 294 g/mol. The van der Waals surface area contributed by atoms with Crippen molar-refractivity contribution in [2.24, 2.45) is 0 Å². The molecular formula is C13H15ClN4O2. The van der Waals surface area contributed by atoms with Crippen LogP contribution in [0.2, 0.25) is 5.15 Å². The molecule has 0 saturated heterocycles. The van der Waals surface area contributed by atoms with E-state index >= 15 is 0 Å². The van der Waals surface area contributed by atoms with E-state index in [9.17, 15) is 9.59 Å². The fourth-order valence-electron chi connectivity index (χ4n) is 1.87. The first-order valence-corrected chi connectivity index (χ1v) is 6.58. The highest BCUT2D eigenvalue weighted by atomic mass is 35.5. The second-order valence-electron chi connectivity index (χ2n) is 4.85. The van der Waals surface area contributed by atoms with Gasteiger partial charge in [-0.2, -0.15) is 0 Å². The quantitative estimate of drug-likeness (QED) is 0.869. The molecule has 0 aliphatic heterocycles. The summed E-state index contributed by atoms with van der Waals surface area (Å²) in [6, 6.07) is 0. The van der Waals surface area contributed by atoms with E-state index in [2.05, 4.69) is 15.0 Å². The molecule has 0 saturated carbocycles. The summed E-state index contributed by atoms with van der Waals surface area (Å²) in [5.41, 5.74) is 0.767. The van der Waals surface area contributed by atoms with Gasteiger partial charge in [0.05, 0.1) is 29.7 Å². The molecule has 0 fully saturated rings. The van der Waals surface area contributed by atoms with E-state index in [0.29, 0.717) is 11.3 Å². The molecular weight excluding hydrogens is 280 g/mol. The van der Waals surface area contributed by atoms with Gasteiger partial charge < -0.3 is 0 Å². The van der Waals surface area contributed by atoms with E-state index in [1.54, 1.807) is 12.4 Å². The maximum Gasteiger partial charge on any atom is 0.329 e. The summed E-state index contributed by atoms with van der Waals surface area (Å²) < 4.78 is 1.08. The number of aryl methyl sites for hydroxylation is 1. The van der Waals surface area contributed by atoms with Gasteiger partial charge in [-0.3, -0.25) is 24.3 Å². The Morgan fingerprint density at radius 3 is 2.55 bits per heavy atom. The third-order valence-electron chi connectivity index (χ3n) is 2.91. The van der Waals surface area contributed by atoms with E-state index in [1.807, 2.05) is 20.8 Å². The molecule has 2 aromatic heterocycles. The summed E-state index contributed by atoms with van der Waals surface area (Å²) in [6.07, 6.45) is 3.14. The molecule has 0 aromatic carbocycles. The maximum absolute atomic E-state index is 12.3. The zero-order valence-corrected chi connectivity index (χ0v) is 12.2. The maximum atomic E-state index is 12.3. The first-order chi connectivity index (χ1) is 9.40. The summed E-state index contributed by atoms with van der Waals surface area (Å²) in [6.45, 7) is 5.57. The third-order valence-corrected chi connectivity index (χ3v) is 3.20. The van der Waals surface area contributed by atoms with E-state index in [-0.39, 0.29) is 17.6 Å². The van der Waals surface area contributed by atoms with Crippen LogP contribution in [-0.2, 0) is 6.54 Å². The molecule has 0 aliphatic rings. The van der Waals surface area contributed by atoms with Gasteiger partial charge in [-0.25, -0.2) is 4.79 Å². The highest BCUT2D eigenvalue weighted by Crippen LogP contribution is 2.16.